The van der Waals surface area contributed by atoms with Crippen LogP contribution in [0.5, 0.6) is 0 Å². The zero-order valence-electron chi connectivity index (χ0n) is 9.24. The summed E-state index contributed by atoms with van der Waals surface area (Å²) in [5.41, 5.74) is 6.87. The molecule has 0 aliphatic rings. The van der Waals surface area contributed by atoms with Crippen molar-refractivity contribution in [2.45, 2.75) is 25.7 Å². The number of thiazole rings is 1. The first-order valence-corrected chi connectivity index (χ1v) is 7.11. The Labute approximate surface area is 108 Å². The summed E-state index contributed by atoms with van der Waals surface area (Å²) in [5, 5.41) is 1.18. The molecule has 0 fully saturated rings. The Bertz CT molecular complexity index is 481. The minimum atomic E-state index is 0.418. The molecule has 0 aliphatic heterocycles. The number of aromatic nitrogens is 1. The van der Waals surface area contributed by atoms with Gasteiger partial charge in [-0.2, -0.15) is 0 Å². The molecule has 16 heavy (non-hydrogen) atoms. The molecule has 86 valence electrons. The van der Waals surface area contributed by atoms with Gasteiger partial charge in [0.25, 0.3) is 0 Å². The molecule has 0 aliphatic carbocycles. The number of halogens is 1. The van der Waals surface area contributed by atoms with Crippen LogP contribution in [0.2, 0.25) is 0 Å². The average molecular weight is 299 g/mol. The van der Waals surface area contributed by atoms with Crippen LogP contribution >= 0.6 is 27.3 Å². The minimum absolute atomic E-state index is 0.418. The fourth-order valence-corrected chi connectivity index (χ4v) is 3.23. The lowest BCUT2D eigenvalue weighted by molar-refractivity contribution is 0.620. The predicted octanol–water partition coefficient (Wildman–Crippen LogP) is 3.90. The van der Waals surface area contributed by atoms with Gasteiger partial charge in [0.15, 0.2) is 0 Å². The maximum atomic E-state index is 5.80. The van der Waals surface area contributed by atoms with Gasteiger partial charge in [0.2, 0.25) is 0 Å². The summed E-state index contributed by atoms with van der Waals surface area (Å²) in [5.74, 6) is 0.418. The van der Waals surface area contributed by atoms with Crippen molar-refractivity contribution in [1.82, 2.24) is 4.98 Å². The Balaban J connectivity index is 2.37. The highest BCUT2D eigenvalue weighted by atomic mass is 79.9. The Kier molecular flexibility index (Phi) is 3.95. The Morgan fingerprint density at radius 1 is 1.50 bits per heavy atom. The number of nitrogens with two attached hydrogens (primary N) is 1. The van der Waals surface area contributed by atoms with Gasteiger partial charge in [-0.15, -0.1) is 11.3 Å². The Morgan fingerprint density at radius 3 is 3.00 bits per heavy atom. The van der Waals surface area contributed by atoms with Gasteiger partial charge in [0.05, 0.1) is 15.2 Å². The van der Waals surface area contributed by atoms with E-state index in [1.807, 2.05) is 0 Å². The topological polar surface area (TPSA) is 38.9 Å². The van der Waals surface area contributed by atoms with Crippen LogP contribution in [0.15, 0.2) is 22.7 Å². The van der Waals surface area contributed by atoms with Crippen LogP contribution in [0.25, 0.3) is 10.2 Å². The molecule has 2 aromatic rings. The summed E-state index contributed by atoms with van der Waals surface area (Å²) in [7, 11) is 0. The van der Waals surface area contributed by atoms with Crippen molar-refractivity contribution in [2.24, 2.45) is 5.73 Å². The first-order valence-electron chi connectivity index (χ1n) is 5.50. The van der Waals surface area contributed by atoms with Gasteiger partial charge >= 0.3 is 0 Å². The first kappa shape index (κ1) is 12.0. The zero-order valence-corrected chi connectivity index (χ0v) is 11.6. The van der Waals surface area contributed by atoms with E-state index >= 15 is 0 Å². The second kappa shape index (κ2) is 5.25. The Hall–Kier alpha value is -0.450. The number of fused-ring (bicyclic) bond motifs is 1. The van der Waals surface area contributed by atoms with Crippen molar-refractivity contribution in [3.63, 3.8) is 0 Å². The lowest BCUT2D eigenvalue weighted by Crippen LogP contribution is -2.11. The molecule has 0 saturated heterocycles. The second-order valence-electron chi connectivity index (χ2n) is 3.89. The van der Waals surface area contributed by atoms with Gasteiger partial charge < -0.3 is 5.73 Å². The normalized spacial score (nSPS) is 13.2. The van der Waals surface area contributed by atoms with E-state index in [1.54, 1.807) is 11.3 Å². The van der Waals surface area contributed by atoms with Gasteiger partial charge in [-0.25, -0.2) is 4.98 Å². The van der Waals surface area contributed by atoms with Crippen LogP contribution in [0.4, 0.5) is 0 Å². The number of nitrogens with zero attached hydrogens (tertiary/aromatic N) is 1. The van der Waals surface area contributed by atoms with E-state index in [0.717, 1.165) is 22.8 Å². The monoisotopic (exact) mass is 298 g/mol. The fourth-order valence-electron chi connectivity index (χ4n) is 1.78. The fraction of sp³-hybridized carbons (Fsp3) is 0.417. The highest BCUT2D eigenvalue weighted by Crippen LogP contribution is 2.30. The van der Waals surface area contributed by atoms with Crippen molar-refractivity contribution in [2.75, 3.05) is 6.54 Å². The summed E-state index contributed by atoms with van der Waals surface area (Å²) < 4.78 is 2.32. The molecule has 1 heterocycles. The first-order chi connectivity index (χ1) is 7.74. The van der Waals surface area contributed by atoms with Crippen LogP contribution in [-0.4, -0.2) is 11.5 Å². The summed E-state index contributed by atoms with van der Waals surface area (Å²) in [4.78, 5) is 4.67. The van der Waals surface area contributed by atoms with Crippen molar-refractivity contribution in [3.8, 4) is 0 Å². The molecule has 0 bridgehead atoms. The van der Waals surface area contributed by atoms with E-state index in [4.69, 9.17) is 5.73 Å². The van der Waals surface area contributed by atoms with Crippen molar-refractivity contribution >= 4 is 37.5 Å². The molecular formula is C12H15BrN2S. The third kappa shape index (κ3) is 2.44. The third-order valence-electron chi connectivity index (χ3n) is 2.64. The van der Waals surface area contributed by atoms with Gasteiger partial charge in [-0.05, 0) is 24.6 Å². The van der Waals surface area contributed by atoms with Crippen LogP contribution in [0.1, 0.15) is 30.7 Å². The zero-order chi connectivity index (χ0) is 11.5. The van der Waals surface area contributed by atoms with Crippen molar-refractivity contribution < 1.29 is 0 Å². The van der Waals surface area contributed by atoms with Gasteiger partial charge in [-0.3, -0.25) is 0 Å². The maximum Gasteiger partial charge on any atom is 0.0982 e. The van der Waals surface area contributed by atoms with E-state index in [0.29, 0.717) is 12.5 Å². The summed E-state index contributed by atoms with van der Waals surface area (Å²) in [6, 6.07) is 6.23. The average Bonchev–Trinajstić information content (AvgIpc) is 2.68. The lowest BCUT2D eigenvalue weighted by Gasteiger charge is -2.08. The molecule has 1 unspecified atom stereocenters. The largest absolute Gasteiger partial charge is 0.330 e. The molecular weight excluding hydrogens is 284 g/mol. The number of rotatable bonds is 4. The molecule has 2 nitrogen and oxygen atoms in total. The summed E-state index contributed by atoms with van der Waals surface area (Å²) in [6.07, 6.45) is 2.28. The number of benzene rings is 1. The standard InChI is InChI=1S/C12H15BrN2S/c1-2-3-8(7-14)12-15-10-6-9(13)4-5-11(10)16-12/h4-6,8H,2-3,7,14H2,1H3. The molecule has 2 rings (SSSR count). The van der Waals surface area contributed by atoms with Crippen molar-refractivity contribution in [1.29, 1.82) is 0 Å². The van der Waals surface area contributed by atoms with Gasteiger partial charge in [-0.1, -0.05) is 29.3 Å². The van der Waals surface area contributed by atoms with E-state index in [1.165, 1.54) is 9.71 Å². The molecule has 0 radical (unpaired) electrons. The van der Waals surface area contributed by atoms with Crippen LogP contribution < -0.4 is 5.73 Å². The summed E-state index contributed by atoms with van der Waals surface area (Å²) >= 11 is 5.23. The maximum absolute atomic E-state index is 5.80. The summed E-state index contributed by atoms with van der Waals surface area (Å²) in [6.45, 7) is 2.88. The second-order valence-corrected chi connectivity index (χ2v) is 5.86. The molecule has 0 amide bonds. The SMILES string of the molecule is CCCC(CN)c1nc2cc(Br)ccc2s1. The number of hydrogen-bond donors (Lipinski definition) is 1. The van der Waals surface area contributed by atoms with E-state index in [2.05, 4.69) is 46.0 Å². The molecule has 0 saturated carbocycles. The van der Waals surface area contributed by atoms with E-state index < -0.39 is 0 Å². The molecule has 1 atom stereocenters. The molecule has 4 heteroatoms. The predicted molar refractivity (Wildman–Crippen MR) is 74.0 cm³/mol. The molecule has 0 spiro atoms. The molecule has 2 N–H and O–H groups in total. The van der Waals surface area contributed by atoms with Crippen LogP contribution in [0.3, 0.4) is 0 Å². The minimum Gasteiger partial charge on any atom is -0.330 e. The highest BCUT2D eigenvalue weighted by Gasteiger charge is 2.13. The highest BCUT2D eigenvalue weighted by molar-refractivity contribution is 9.10. The van der Waals surface area contributed by atoms with E-state index in [-0.39, 0.29) is 0 Å². The smallest absolute Gasteiger partial charge is 0.0982 e. The van der Waals surface area contributed by atoms with Crippen LogP contribution in [0, 0.1) is 0 Å². The van der Waals surface area contributed by atoms with Gasteiger partial charge in [0.1, 0.15) is 0 Å². The molecule has 1 aromatic heterocycles. The van der Waals surface area contributed by atoms with Gasteiger partial charge in [0, 0.05) is 16.9 Å². The lowest BCUT2D eigenvalue weighted by atomic mass is 10.1. The Morgan fingerprint density at radius 2 is 2.31 bits per heavy atom. The van der Waals surface area contributed by atoms with Crippen LogP contribution in [-0.2, 0) is 0 Å². The number of hydrogen-bond acceptors (Lipinski definition) is 3. The van der Waals surface area contributed by atoms with Crippen molar-refractivity contribution in [3.05, 3.63) is 27.7 Å². The molecule has 1 aromatic carbocycles. The van der Waals surface area contributed by atoms with E-state index in [9.17, 15) is 0 Å². The quantitative estimate of drug-likeness (QED) is 0.930. The third-order valence-corrected chi connectivity index (χ3v) is 4.33.